The Morgan fingerprint density at radius 3 is 3.00 bits per heavy atom. The Bertz CT molecular complexity index is 461. The third-order valence-corrected chi connectivity index (χ3v) is 3.95. The van der Waals surface area contributed by atoms with Crippen LogP contribution in [0.5, 0.6) is 0 Å². The molecule has 2 aromatic heterocycles. The van der Waals surface area contributed by atoms with Crippen molar-refractivity contribution in [1.82, 2.24) is 14.9 Å². The van der Waals surface area contributed by atoms with Crippen LogP contribution in [0.3, 0.4) is 0 Å². The molecule has 0 atom stereocenters. The molecule has 0 amide bonds. The van der Waals surface area contributed by atoms with Crippen LogP contribution in [0, 0.1) is 0 Å². The van der Waals surface area contributed by atoms with Gasteiger partial charge in [-0.15, -0.1) is 11.3 Å². The number of thiophene rings is 1. The Hall–Kier alpha value is -0.650. The third kappa shape index (κ3) is 2.14. The van der Waals surface area contributed by atoms with E-state index < -0.39 is 0 Å². The maximum absolute atomic E-state index is 4.38. The van der Waals surface area contributed by atoms with Crippen LogP contribution < -0.4 is 5.32 Å². The summed E-state index contributed by atoms with van der Waals surface area (Å²) < 4.78 is 3.24. The van der Waals surface area contributed by atoms with Gasteiger partial charge >= 0.3 is 0 Å². The van der Waals surface area contributed by atoms with Gasteiger partial charge in [-0.05, 0) is 29.0 Å². The van der Waals surface area contributed by atoms with E-state index in [9.17, 15) is 0 Å². The lowest BCUT2D eigenvalue weighted by Crippen LogP contribution is -2.10. The second kappa shape index (κ2) is 4.47. The molecule has 0 aliphatic rings. The maximum Gasteiger partial charge on any atom is 0.122 e. The van der Waals surface area contributed by atoms with E-state index in [-0.39, 0.29) is 0 Å². The van der Waals surface area contributed by atoms with Crippen molar-refractivity contribution in [3.8, 4) is 10.6 Å². The molecular weight excluding hydrogens is 274 g/mol. The Morgan fingerprint density at radius 2 is 2.40 bits per heavy atom. The number of halogens is 1. The Balaban J connectivity index is 2.37. The monoisotopic (exact) mass is 285 g/mol. The molecule has 2 rings (SSSR count). The molecule has 0 fully saturated rings. The molecule has 0 bridgehead atoms. The summed E-state index contributed by atoms with van der Waals surface area (Å²) in [5, 5.41) is 5.19. The molecule has 0 saturated carbocycles. The second-order valence-corrected chi connectivity index (χ2v) is 5.11. The smallest absolute Gasteiger partial charge is 0.122 e. The maximum atomic E-state index is 4.38. The first-order valence-electron chi connectivity index (χ1n) is 4.62. The predicted octanol–water partition coefficient (Wildman–Crippen LogP) is 2.63. The largest absolute Gasteiger partial charge is 0.329 e. The Morgan fingerprint density at radius 1 is 1.60 bits per heavy atom. The summed E-state index contributed by atoms with van der Waals surface area (Å²) in [6, 6.07) is 2.12. The third-order valence-electron chi connectivity index (χ3n) is 2.24. The number of imidazole rings is 1. The topological polar surface area (TPSA) is 29.9 Å². The zero-order valence-electron chi connectivity index (χ0n) is 8.62. The van der Waals surface area contributed by atoms with Crippen molar-refractivity contribution in [3.63, 3.8) is 0 Å². The van der Waals surface area contributed by atoms with Gasteiger partial charge < -0.3 is 9.88 Å². The molecule has 1 N–H and O–H groups in total. The molecule has 80 valence electrons. The number of hydrogen-bond donors (Lipinski definition) is 1. The van der Waals surface area contributed by atoms with E-state index in [1.165, 1.54) is 4.88 Å². The lowest BCUT2D eigenvalue weighted by Gasteiger charge is -2.03. The van der Waals surface area contributed by atoms with Gasteiger partial charge in [0.05, 0.1) is 23.3 Å². The van der Waals surface area contributed by atoms with Gasteiger partial charge in [0, 0.05) is 16.9 Å². The molecule has 0 aliphatic carbocycles. The average Bonchev–Trinajstić information content (AvgIpc) is 2.76. The lowest BCUT2D eigenvalue weighted by atomic mass is 10.4. The van der Waals surface area contributed by atoms with Crippen LogP contribution >= 0.6 is 27.3 Å². The van der Waals surface area contributed by atoms with Crippen molar-refractivity contribution >= 4 is 27.3 Å². The highest BCUT2D eigenvalue weighted by atomic mass is 79.9. The molecule has 2 heterocycles. The molecule has 5 heteroatoms. The predicted molar refractivity (Wildman–Crippen MR) is 67.0 cm³/mol. The van der Waals surface area contributed by atoms with E-state index in [0.717, 1.165) is 22.5 Å². The summed E-state index contributed by atoms with van der Waals surface area (Å²) in [5.41, 5.74) is 1.16. The molecule has 0 radical (unpaired) electrons. The molecule has 0 aliphatic heterocycles. The lowest BCUT2D eigenvalue weighted by molar-refractivity contribution is 0.712. The molecule has 0 spiro atoms. The summed E-state index contributed by atoms with van der Waals surface area (Å²) in [5.74, 6) is 1.05. The number of aromatic nitrogens is 2. The number of hydrogen-bond acceptors (Lipinski definition) is 3. The Labute approximate surface area is 101 Å². The van der Waals surface area contributed by atoms with Gasteiger partial charge in [0.15, 0.2) is 0 Å². The standard InChI is InChI=1S/C10H12BrN3S/c1-12-5-10-13-4-8(14(10)2)9-3-7(11)6-15-9/h3-4,6,12H,5H2,1-2H3. The van der Waals surface area contributed by atoms with Gasteiger partial charge in [-0.3, -0.25) is 0 Å². The molecule has 3 nitrogen and oxygen atoms in total. The first kappa shape index (κ1) is 10.9. The summed E-state index contributed by atoms with van der Waals surface area (Å²) in [6.07, 6.45) is 1.92. The highest BCUT2D eigenvalue weighted by Crippen LogP contribution is 2.29. The van der Waals surface area contributed by atoms with Crippen molar-refractivity contribution in [2.45, 2.75) is 6.54 Å². The SMILES string of the molecule is CNCc1ncc(-c2cc(Br)cs2)n1C. The van der Waals surface area contributed by atoms with E-state index >= 15 is 0 Å². The van der Waals surface area contributed by atoms with Gasteiger partial charge in [0.2, 0.25) is 0 Å². The quantitative estimate of drug-likeness (QED) is 0.940. The van der Waals surface area contributed by atoms with E-state index in [1.807, 2.05) is 20.3 Å². The van der Waals surface area contributed by atoms with Crippen LogP contribution in [0.2, 0.25) is 0 Å². The zero-order valence-corrected chi connectivity index (χ0v) is 11.0. The fourth-order valence-corrected chi connectivity index (χ4v) is 2.92. The van der Waals surface area contributed by atoms with Gasteiger partial charge in [-0.1, -0.05) is 0 Å². The van der Waals surface area contributed by atoms with Crippen LogP contribution in [0.4, 0.5) is 0 Å². The molecule has 15 heavy (non-hydrogen) atoms. The minimum absolute atomic E-state index is 0.795. The van der Waals surface area contributed by atoms with E-state index in [0.29, 0.717) is 0 Å². The summed E-state index contributed by atoms with van der Waals surface area (Å²) in [6.45, 7) is 0.795. The molecule has 2 aromatic rings. The van der Waals surface area contributed by atoms with Gasteiger partial charge in [-0.2, -0.15) is 0 Å². The highest BCUT2D eigenvalue weighted by molar-refractivity contribution is 9.10. The summed E-state index contributed by atoms with van der Waals surface area (Å²) in [7, 11) is 3.97. The van der Waals surface area contributed by atoms with Gasteiger partial charge in [-0.25, -0.2) is 4.98 Å². The van der Waals surface area contributed by atoms with Crippen molar-refractivity contribution in [3.05, 3.63) is 27.9 Å². The number of rotatable bonds is 3. The average molecular weight is 286 g/mol. The van der Waals surface area contributed by atoms with Crippen molar-refractivity contribution < 1.29 is 0 Å². The van der Waals surface area contributed by atoms with Crippen molar-refractivity contribution in [2.75, 3.05) is 7.05 Å². The zero-order chi connectivity index (χ0) is 10.8. The van der Waals surface area contributed by atoms with Crippen LogP contribution in [0.25, 0.3) is 10.6 Å². The van der Waals surface area contributed by atoms with E-state index in [2.05, 4.69) is 42.2 Å². The fourth-order valence-electron chi connectivity index (χ4n) is 1.45. The molecule has 0 aromatic carbocycles. The second-order valence-electron chi connectivity index (χ2n) is 3.28. The Kier molecular flexibility index (Phi) is 3.23. The first-order chi connectivity index (χ1) is 7.22. The first-order valence-corrected chi connectivity index (χ1v) is 6.29. The fraction of sp³-hybridized carbons (Fsp3) is 0.300. The van der Waals surface area contributed by atoms with Crippen LogP contribution in [0.15, 0.2) is 22.1 Å². The van der Waals surface area contributed by atoms with Crippen LogP contribution in [-0.4, -0.2) is 16.6 Å². The van der Waals surface area contributed by atoms with Gasteiger partial charge in [0.25, 0.3) is 0 Å². The van der Waals surface area contributed by atoms with Crippen LogP contribution in [0.1, 0.15) is 5.82 Å². The number of nitrogens with one attached hydrogen (secondary N) is 1. The molecule has 0 unspecified atom stereocenters. The molecule has 0 saturated heterocycles. The minimum Gasteiger partial charge on any atom is -0.329 e. The summed E-state index contributed by atoms with van der Waals surface area (Å²) in [4.78, 5) is 5.62. The van der Waals surface area contributed by atoms with Crippen molar-refractivity contribution in [1.29, 1.82) is 0 Å². The molecular formula is C10H12BrN3S. The van der Waals surface area contributed by atoms with Crippen molar-refractivity contribution in [2.24, 2.45) is 7.05 Å². The van der Waals surface area contributed by atoms with E-state index in [4.69, 9.17) is 0 Å². The van der Waals surface area contributed by atoms with Gasteiger partial charge in [0.1, 0.15) is 5.82 Å². The minimum atomic E-state index is 0.795. The van der Waals surface area contributed by atoms with E-state index in [1.54, 1.807) is 11.3 Å². The van der Waals surface area contributed by atoms with Crippen LogP contribution in [-0.2, 0) is 13.6 Å². The highest BCUT2D eigenvalue weighted by Gasteiger charge is 2.09. The summed E-state index contributed by atoms with van der Waals surface area (Å²) >= 11 is 5.18. The number of nitrogens with zero attached hydrogens (tertiary/aromatic N) is 2. The normalized spacial score (nSPS) is 10.9.